The molecule has 0 bridgehead atoms. The van der Waals surface area contributed by atoms with Crippen LogP contribution in [0.1, 0.15) is 18.1 Å². The minimum atomic E-state index is 0.288. The molecule has 156 valence electrons. The first-order chi connectivity index (χ1) is 14.7. The van der Waals surface area contributed by atoms with Gasteiger partial charge in [-0.1, -0.05) is 30.3 Å². The maximum absolute atomic E-state index is 9.38. The van der Waals surface area contributed by atoms with E-state index in [1.165, 1.54) is 5.56 Å². The molecule has 1 aliphatic rings. The molecule has 3 N–H and O–H groups in total. The van der Waals surface area contributed by atoms with Gasteiger partial charge in [0.2, 0.25) is 5.95 Å². The first kappa shape index (κ1) is 20.3. The highest BCUT2D eigenvalue weighted by Gasteiger charge is 2.17. The summed E-state index contributed by atoms with van der Waals surface area (Å²) in [6, 6.07) is 18.4. The van der Waals surface area contributed by atoms with E-state index in [-0.39, 0.29) is 5.75 Å². The molecule has 1 aliphatic heterocycles. The number of aromatic hydroxyl groups is 1. The van der Waals surface area contributed by atoms with Crippen molar-refractivity contribution >= 4 is 5.95 Å². The zero-order valence-electron chi connectivity index (χ0n) is 17.4. The third kappa shape index (κ3) is 5.34. The molecule has 6 nitrogen and oxygen atoms in total. The van der Waals surface area contributed by atoms with Crippen LogP contribution in [0.2, 0.25) is 0 Å². The number of hydrogen-bond donors (Lipinski definition) is 3. The molecule has 30 heavy (non-hydrogen) atoms. The Morgan fingerprint density at radius 2 is 2.00 bits per heavy atom. The van der Waals surface area contributed by atoms with Crippen molar-refractivity contribution in [3.8, 4) is 17.0 Å². The van der Waals surface area contributed by atoms with Gasteiger partial charge in [-0.2, -0.15) is 0 Å². The van der Waals surface area contributed by atoms with Gasteiger partial charge in [-0.3, -0.25) is 4.90 Å². The quantitative estimate of drug-likeness (QED) is 0.562. The number of aromatic nitrogens is 2. The molecule has 1 fully saturated rings. The first-order valence-corrected chi connectivity index (χ1v) is 10.6. The zero-order chi connectivity index (χ0) is 20.8. The lowest BCUT2D eigenvalue weighted by atomic mass is 10.1. The number of rotatable bonds is 7. The highest BCUT2D eigenvalue weighted by Crippen LogP contribution is 2.21. The molecule has 0 amide bonds. The summed E-state index contributed by atoms with van der Waals surface area (Å²) in [5, 5.41) is 16.1. The van der Waals surface area contributed by atoms with Crippen molar-refractivity contribution in [3.05, 3.63) is 71.9 Å². The minimum absolute atomic E-state index is 0.288. The molecular weight excluding hydrogens is 374 g/mol. The lowest BCUT2D eigenvalue weighted by Crippen LogP contribution is -2.49. The molecule has 3 aromatic rings. The van der Waals surface area contributed by atoms with Crippen LogP contribution in [0.5, 0.6) is 5.75 Å². The average Bonchev–Trinajstić information content (AvgIpc) is 2.77. The van der Waals surface area contributed by atoms with Crippen molar-refractivity contribution in [1.29, 1.82) is 0 Å². The molecule has 2 heterocycles. The van der Waals surface area contributed by atoms with Gasteiger partial charge in [0.15, 0.2) is 0 Å². The standard InChI is InChI=1S/C24H29N5O/c1-18-16-25-13-14-29(18)17-20-3-2-4-21(15-20)23-10-12-27-24(28-23)26-11-9-19-5-7-22(30)8-6-19/h2-8,10,12,15,18,25,30H,9,11,13-14,16-17H2,1H3,(H,26,27,28)/t18-/m0/s1. The number of phenols is 1. The van der Waals surface area contributed by atoms with Crippen molar-refractivity contribution in [3.63, 3.8) is 0 Å². The van der Waals surface area contributed by atoms with Gasteiger partial charge >= 0.3 is 0 Å². The van der Waals surface area contributed by atoms with Gasteiger partial charge in [0.25, 0.3) is 0 Å². The average molecular weight is 404 g/mol. The summed E-state index contributed by atoms with van der Waals surface area (Å²) in [4.78, 5) is 11.6. The summed E-state index contributed by atoms with van der Waals surface area (Å²) >= 11 is 0. The molecular formula is C24H29N5O. The number of phenolic OH excluding ortho intramolecular Hbond substituents is 1. The molecule has 1 saturated heterocycles. The Balaban J connectivity index is 1.39. The molecule has 0 saturated carbocycles. The number of hydrogen-bond acceptors (Lipinski definition) is 6. The van der Waals surface area contributed by atoms with E-state index in [9.17, 15) is 5.11 Å². The third-order valence-corrected chi connectivity index (χ3v) is 5.54. The van der Waals surface area contributed by atoms with Gasteiger partial charge in [-0.05, 0) is 48.7 Å². The summed E-state index contributed by atoms with van der Waals surface area (Å²) in [5.41, 5.74) is 4.50. The smallest absolute Gasteiger partial charge is 0.223 e. The second-order valence-corrected chi connectivity index (χ2v) is 7.83. The fourth-order valence-corrected chi connectivity index (χ4v) is 3.77. The van der Waals surface area contributed by atoms with E-state index in [1.54, 1.807) is 18.3 Å². The van der Waals surface area contributed by atoms with Crippen LogP contribution in [0, 0.1) is 0 Å². The second-order valence-electron chi connectivity index (χ2n) is 7.83. The molecule has 2 aromatic carbocycles. The number of nitrogens with zero attached hydrogens (tertiary/aromatic N) is 3. The number of piperazine rings is 1. The van der Waals surface area contributed by atoms with Crippen molar-refractivity contribution in [2.24, 2.45) is 0 Å². The lowest BCUT2D eigenvalue weighted by Gasteiger charge is -2.33. The van der Waals surface area contributed by atoms with Crippen LogP contribution in [-0.2, 0) is 13.0 Å². The minimum Gasteiger partial charge on any atom is -0.508 e. The van der Waals surface area contributed by atoms with Crippen LogP contribution in [0.25, 0.3) is 11.3 Å². The summed E-state index contributed by atoms with van der Waals surface area (Å²) in [7, 11) is 0. The van der Waals surface area contributed by atoms with Gasteiger partial charge in [0.05, 0.1) is 5.69 Å². The monoisotopic (exact) mass is 403 g/mol. The molecule has 0 spiro atoms. The van der Waals surface area contributed by atoms with E-state index >= 15 is 0 Å². The molecule has 0 unspecified atom stereocenters. The number of benzene rings is 2. The SMILES string of the molecule is C[C@H]1CNCCN1Cc1cccc(-c2ccnc(NCCc3ccc(O)cc3)n2)c1. The van der Waals surface area contributed by atoms with Crippen molar-refractivity contribution < 1.29 is 5.11 Å². The first-order valence-electron chi connectivity index (χ1n) is 10.6. The number of anilines is 1. The van der Waals surface area contributed by atoms with Crippen LogP contribution in [0.4, 0.5) is 5.95 Å². The highest BCUT2D eigenvalue weighted by molar-refractivity contribution is 5.61. The van der Waals surface area contributed by atoms with E-state index in [0.29, 0.717) is 12.0 Å². The molecule has 0 radical (unpaired) electrons. The van der Waals surface area contributed by atoms with Gasteiger partial charge in [-0.15, -0.1) is 0 Å². The van der Waals surface area contributed by atoms with Crippen LogP contribution in [0.3, 0.4) is 0 Å². The summed E-state index contributed by atoms with van der Waals surface area (Å²) in [6.45, 7) is 7.14. The zero-order valence-corrected chi connectivity index (χ0v) is 17.4. The topological polar surface area (TPSA) is 73.3 Å². The fraction of sp³-hybridized carbons (Fsp3) is 0.333. The second kappa shape index (κ2) is 9.69. The van der Waals surface area contributed by atoms with Gasteiger partial charge in [-0.25, -0.2) is 9.97 Å². The normalized spacial score (nSPS) is 17.0. The van der Waals surface area contributed by atoms with Crippen LogP contribution >= 0.6 is 0 Å². The Morgan fingerprint density at radius 1 is 1.13 bits per heavy atom. The van der Waals surface area contributed by atoms with Crippen molar-refractivity contribution in [2.75, 3.05) is 31.5 Å². The summed E-state index contributed by atoms with van der Waals surface area (Å²) < 4.78 is 0. The van der Waals surface area contributed by atoms with Gasteiger partial charge in [0.1, 0.15) is 5.75 Å². The molecule has 6 heteroatoms. The fourth-order valence-electron chi connectivity index (χ4n) is 3.77. The Labute approximate surface area is 178 Å². The van der Waals surface area contributed by atoms with E-state index < -0.39 is 0 Å². The van der Waals surface area contributed by atoms with Crippen LogP contribution in [-0.4, -0.2) is 52.2 Å². The predicted octanol–water partition coefficient (Wildman–Crippen LogP) is 3.30. The molecule has 4 rings (SSSR count). The van der Waals surface area contributed by atoms with Crippen LogP contribution < -0.4 is 10.6 Å². The molecule has 0 aliphatic carbocycles. The van der Waals surface area contributed by atoms with E-state index in [2.05, 4.69) is 51.7 Å². The summed E-state index contributed by atoms with van der Waals surface area (Å²) in [6.07, 6.45) is 2.64. The Kier molecular flexibility index (Phi) is 6.57. The maximum Gasteiger partial charge on any atom is 0.223 e. The maximum atomic E-state index is 9.38. The van der Waals surface area contributed by atoms with Crippen molar-refractivity contribution in [2.45, 2.75) is 25.9 Å². The molecule has 1 atom stereocenters. The van der Waals surface area contributed by atoms with E-state index in [4.69, 9.17) is 4.98 Å². The molecule has 1 aromatic heterocycles. The predicted molar refractivity (Wildman–Crippen MR) is 121 cm³/mol. The highest BCUT2D eigenvalue weighted by atomic mass is 16.3. The number of nitrogens with one attached hydrogen (secondary N) is 2. The lowest BCUT2D eigenvalue weighted by molar-refractivity contribution is 0.165. The Morgan fingerprint density at radius 3 is 2.83 bits per heavy atom. The summed E-state index contributed by atoms with van der Waals surface area (Å²) in [5.74, 6) is 0.920. The van der Waals surface area contributed by atoms with E-state index in [1.807, 2.05) is 18.2 Å². The Hall–Kier alpha value is -2.96. The van der Waals surface area contributed by atoms with Crippen molar-refractivity contribution in [1.82, 2.24) is 20.2 Å². The van der Waals surface area contributed by atoms with Gasteiger partial charge < -0.3 is 15.7 Å². The van der Waals surface area contributed by atoms with Crippen LogP contribution in [0.15, 0.2) is 60.8 Å². The largest absolute Gasteiger partial charge is 0.508 e. The van der Waals surface area contributed by atoms with Gasteiger partial charge in [0, 0.05) is 50.5 Å². The van der Waals surface area contributed by atoms with E-state index in [0.717, 1.165) is 56.0 Å². The Bertz CT molecular complexity index is 960. The third-order valence-electron chi connectivity index (χ3n) is 5.54.